The zero-order valence-electron chi connectivity index (χ0n) is 10.7. The summed E-state index contributed by atoms with van der Waals surface area (Å²) in [4.78, 5) is 23.5. The molecule has 0 aliphatic heterocycles. The molecule has 0 spiro atoms. The molecule has 20 heavy (non-hydrogen) atoms. The zero-order chi connectivity index (χ0) is 14.9. The summed E-state index contributed by atoms with van der Waals surface area (Å²) in [5, 5.41) is 4.48. The van der Waals surface area contributed by atoms with Crippen molar-refractivity contribution in [3.8, 4) is 5.69 Å². The van der Waals surface area contributed by atoms with Crippen LogP contribution in [0.25, 0.3) is 5.69 Å². The van der Waals surface area contributed by atoms with E-state index in [9.17, 15) is 9.59 Å². The van der Waals surface area contributed by atoms with Crippen molar-refractivity contribution >= 4 is 40.2 Å². The molecule has 1 aromatic carbocycles. The third-order valence-electron chi connectivity index (χ3n) is 2.63. The average molecular weight is 405 g/mol. The Bertz CT molecular complexity index is 743. The molecule has 0 atom stereocenters. The van der Waals surface area contributed by atoms with Crippen LogP contribution >= 0.6 is 34.2 Å². The van der Waals surface area contributed by atoms with Crippen LogP contribution in [0.15, 0.2) is 29.2 Å². The van der Waals surface area contributed by atoms with Crippen molar-refractivity contribution in [2.24, 2.45) is 0 Å². The van der Waals surface area contributed by atoms with E-state index in [4.69, 9.17) is 11.6 Å². The highest BCUT2D eigenvalue weighted by Gasteiger charge is 2.16. The number of hydrogen-bond acceptors (Lipinski definition) is 4. The average Bonchev–Trinajstić information content (AvgIpc) is 2.41. The lowest BCUT2D eigenvalue weighted by Gasteiger charge is -2.10. The van der Waals surface area contributed by atoms with Crippen LogP contribution in [0.4, 0.5) is 0 Å². The number of benzene rings is 1. The number of carbonyl (C=O) groups excluding carboxylic acids is 1. The summed E-state index contributed by atoms with van der Waals surface area (Å²) < 4.78 is 6.94. The number of aromatic nitrogens is 2. The number of hydrogen-bond donors (Lipinski definition) is 0. The minimum absolute atomic E-state index is 0.262. The van der Waals surface area contributed by atoms with E-state index in [2.05, 4.69) is 32.4 Å². The summed E-state index contributed by atoms with van der Waals surface area (Å²) >= 11 is 8.30. The zero-order valence-corrected chi connectivity index (χ0v) is 13.6. The van der Waals surface area contributed by atoms with E-state index >= 15 is 0 Å². The fraction of sp³-hybridized carbons (Fsp3) is 0.154. The van der Waals surface area contributed by atoms with Crippen molar-refractivity contribution in [1.82, 2.24) is 9.78 Å². The van der Waals surface area contributed by atoms with Gasteiger partial charge in [-0.05, 0) is 47.7 Å². The summed E-state index contributed by atoms with van der Waals surface area (Å²) in [5.41, 5.74) is 0.257. The molecule has 0 saturated heterocycles. The van der Waals surface area contributed by atoms with Gasteiger partial charge in [0.15, 0.2) is 0 Å². The summed E-state index contributed by atoms with van der Waals surface area (Å²) in [6.07, 6.45) is 1.53. The molecule has 7 heteroatoms. The van der Waals surface area contributed by atoms with Gasteiger partial charge in [-0.2, -0.15) is 5.10 Å². The van der Waals surface area contributed by atoms with Gasteiger partial charge in [0, 0.05) is 15.3 Å². The lowest BCUT2D eigenvalue weighted by Crippen LogP contribution is -2.24. The topological polar surface area (TPSA) is 61.2 Å². The molecule has 0 saturated carbocycles. The van der Waals surface area contributed by atoms with Crippen LogP contribution in [0, 0.1) is 10.5 Å². The number of esters is 1. The highest BCUT2D eigenvalue weighted by Crippen LogP contribution is 2.22. The van der Waals surface area contributed by atoms with Gasteiger partial charge in [-0.3, -0.25) is 4.79 Å². The minimum Gasteiger partial charge on any atom is -0.464 e. The van der Waals surface area contributed by atoms with Crippen LogP contribution in [0.2, 0.25) is 5.02 Å². The Morgan fingerprint density at radius 1 is 1.45 bits per heavy atom. The summed E-state index contributed by atoms with van der Waals surface area (Å²) in [5.74, 6) is -0.769. The Hall–Kier alpha value is -1.41. The van der Waals surface area contributed by atoms with Gasteiger partial charge < -0.3 is 4.74 Å². The molecule has 2 rings (SSSR count). The first-order valence-electron chi connectivity index (χ1n) is 5.58. The third-order valence-corrected chi connectivity index (χ3v) is 3.61. The predicted molar refractivity (Wildman–Crippen MR) is 83.6 cm³/mol. The smallest absolute Gasteiger partial charge is 0.362 e. The molecule has 5 nitrogen and oxygen atoms in total. The number of rotatable bonds is 2. The second-order valence-corrected chi connectivity index (χ2v) is 5.67. The van der Waals surface area contributed by atoms with Crippen LogP contribution < -0.4 is 5.43 Å². The van der Waals surface area contributed by atoms with E-state index in [1.807, 2.05) is 6.07 Å². The lowest BCUT2D eigenvalue weighted by molar-refractivity contribution is 0.0590. The van der Waals surface area contributed by atoms with Crippen LogP contribution in [-0.2, 0) is 4.74 Å². The number of methoxy groups -OCH3 is 1. The van der Waals surface area contributed by atoms with E-state index in [-0.39, 0.29) is 5.69 Å². The van der Waals surface area contributed by atoms with Crippen molar-refractivity contribution in [2.75, 3.05) is 7.11 Å². The second-order valence-electron chi connectivity index (χ2n) is 4.02. The van der Waals surface area contributed by atoms with Gasteiger partial charge in [0.25, 0.3) is 0 Å². The maximum absolute atomic E-state index is 11.9. The fourth-order valence-electron chi connectivity index (χ4n) is 1.63. The van der Waals surface area contributed by atoms with E-state index in [1.165, 1.54) is 18.0 Å². The van der Waals surface area contributed by atoms with E-state index < -0.39 is 11.4 Å². The summed E-state index contributed by atoms with van der Waals surface area (Å²) in [6, 6.07) is 5.39. The van der Waals surface area contributed by atoms with Gasteiger partial charge in [0.1, 0.15) is 0 Å². The van der Waals surface area contributed by atoms with Gasteiger partial charge >= 0.3 is 5.97 Å². The molecular weight excluding hydrogens is 395 g/mol. The number of carbonyl (C=O) groups is 1. The molecule has 0 N–H and O–H groups in total. The first kappa shape index (κ1) is 15.0. The van der Waals surface area contributed by atoms with Crippen molar-refractivity contribution in [3.63, 3.8) is 0 Å². The van der Waals surface area contributed by atoms with Crippen molar-refractivity contribution in [1.29, 1.82) is 0 Å². The van der Waals surface area contributed by atoms with Crippen LogP contribution in [0.3, 0.4) is 0 Å². The van der Waals surface area contributed by atoms with Gasteiger partial charge in [0.2, 0.25) is 11.1 Å². The number of halogens is 2. The van der Waals surface area contributed by atoms with Crippen LogP contribution in [0.1, 0.15) is 16.1 Å². The minimum atomic E-state index is -0.769. The van der Waals surface area contributed by atoms with Crippen molar-refractivity contribution in [2.45, 2.75) is 6.92 Å². The second kappa shape index (κ2) is 5.92. The number of aryl methyl sites for hydroxylation is 1. The molecule has 0 aliphatic rings. The third kappa shape index (κ3) is 2.85. The Balaban J connectivity index is 2.67. The van der Waals surface area contributed by atoms with Gasteiger partial charge in [-0.1, -0.05) is 11.6 Å². The molecular formula is C13H10ClIN2O3. The van der Waals surface area contributed by atoms with E-state index in [0.717, 1.165) is 3.57 Å². The lowest BCUT2D eigenvalue weighted by atomic mass is 10.2. The van der Waals surface area contributed by atoms with E-state index in [1.54, 1.807) is 19.1 Å². The monoisotopic (exact) mass is 404 g/mol. The highest BCUT2D eigenvalue weighted by atomic mass is 127. The number of ether oxygens (including phenoxy) is 1. The Kier molecular flexibility index (Phi) is 4.44. The highest BCUT2D eigenvalue weighted by molar-refractivity contribution is 14.1. The molecule has 0 unspecified atom stereocenters. The Labute approximate surface area is 133 Å². The Morgan fingerprint density at radius 3 is 2.75 bits per heavy atom. The van der Waals surface area contributed by atoms with Gasteiger partial charge in [-0.15, -0.1) is 0 Å². The summed E-state index contributed by atoms with van der Waals surface area (Å²) in [6.45, 7) is 1.60. The largest absolute Gasteiger partial charge is 0.464 e. The molecule has 0 radical (unpaired) electrons. The molecule has 0 fully saturated rings. The SMILES string of the molecule is COC(=O)c1nn(-c2ccc(I)cc2Cl)cc(C)c1=O. The molecule has 0 amide bonds. The molecule has 0 bridgehead atoms. The summed E-state index contributed by atoms with van der Waals surface area (Å²) in [7, 11) is 1.20. The first-order valence-corrected chi connectivity index (χ1v) is 7.04. The molecule has 1 aromatic heterocycles. The molecule has 0 aliphatic carbocycles. The predicted octanol–water partition coefficient (Wildman–Crippen LogP) is 2.59. The van der Waals surface area contributed by atoms with Gasteiger partial charge in [-0.25, -0.2) is 9.48 Å². The normalized spacial score (nSPS) is 10.4. The van der Waals surface area contributed by atoms with E-state index in [0.29, 0.717) is 16.3 Å². The van der Waals surface area contributed by atoms with Crippen molar-refractivity contribution in [3.05, 3.63) is 54.5 Å². The van der Waals surface area contributed by atoms with Crippen LogP contribution in [0.5, 0.6) is 0 Å². The number of nitrogens with zero attached hydrogens (tertiary/aromatic N) is 2. The molecule has 1 heterocycles. The first-order chi connectivity index (χ1) is 9.43. The van der Waals surface area contributed by atoms with Crippen molar-refractivity contribution < 1.29 is 9.53 Å². The standard InChI is InChI=1S/C13H10ClIN2O3/c1-7-6-17(10-4-3-8(15)5-9(10)14)16-11(12(7)18)13(19)20-2/h3-6H,1-2H3. The maximum atomic E-state index is 11.9. The fourth-order valence-corrected chi connectivity index (χ4v) is 2.57. The van der Waals surface area contributed by atoms with Crippen LogP contribution in [-0.4, -0.2) is 22.9 Å². The Morgan fingerprint density at radius 2 is 2.15 bits per heavy atom. The van der Waals surface area contributed by atoms with Gasteiger partial charge in [0.05, 0.1) is 17.8 Å². The maximum Gasteiger partial charge on any atom is 0.362 e. The quantitative estimate of drug-likeness (QED) is 0.570. The molecule has 2 aromatic rings. The molecule has 104 valence electrons.